The zero-order chi connectivity index (χ0) is 17.4. The summed E-state index contributed by atoms with van der Waals surface area (Å²) in [5, 5.41) is 11.4. The summed E-state index contributed by atoms with van der Waals surface area (Å²) in [7, 11) is 3.59. The third kappa shape index (κ3) is 2.90. The second-order valence-electron chi connectivity index (χ2n) is 5.57. The molecule has 3 aromatic rings. The molecule has 4 nitrogen and oxygen atoms in total. The highest BCUT2D eigenvalue weighted by Gasteiger charge is 2.18. The quantitative estimate of drug-likeness (QED) is 0.715. The van der Waals surface area contributed by atoms with Crippen LogP contribution in [-0.4, -0.2) is 30.2 Å². The maximum atomic E-state index is 11.5. The molecule has 1 aromatic heterocycles. The van der Waals surface area contributed by atoms with Crippen LogP contribution in [0.3, 0.4) is 0 Å². The number of rotatable bonds is 3. The smallest absolute Gasteiger partial charge is 0.337 e. The van der Waals surface area contributed by atoms with E-state index >= 15 is 0 Å². The second-order valence-corrected chi connectivity index (χ2v) is 6.45. The zero-order valence-corrected chi connectivity index (χ0v) is 14.6. The number of aromatic carboxylic acids is 1. The number of carboxylic acid groups (broad SMARTS) is 1. The minimum absolute atomic E-state index is 0.210. The molecule has 2 aromatic carbocycles. The van der Waals surface area contributed by atoms with Gasteiger partial charge in [-0.1, -0.05) is 29.3 Å². The molecule has 0 aliphatic heterocycles. The summed E-state index contributed by atoms with van der Waals surface area (Å²) < 4.78 is 0. The van der Waals surface area contributed by atoms with Gasteiger partial charge in [0.25, 0.3) is 0 Å². The summed E-state index contributed by atoms with van der Waals surface area (Å²) in [6.45, 7) is 0. The van der Waals surface area contributed by atoms with Crippen LogP contribution in [0.2, 0.25) is 10.0 Å². The Hall–Kier alpha value is -2.30. The number of carbonyl (C=O) groups is 1. The van der Waals surface area contributed by atoms with Crippen molar-refractivity contribution >= 4 is 45.8 Å². The number of benzene rings is 2. The second kappa shape index (κ2) is 6.30. The summed E-state index contributed by atoms with van der Waals surface area (Å²) >= 11 is 12.2. The number of nitrogens with zero attached hydrogens (tertiary/aromatic N) is 2. The maximum Gasteiger partial charge on any atom is 0.337 e. The summed E-state index contributed by atoms with van der Waals surface area (Å²) in [6, 6.07) is 10.5. The maximum absolute atomic E-state index is 11.5. The van der Waals surface area contributed by atoms with Gasteiger partial charge in [-0.3, -0.25) is 4.98 Å². The largest absolute Gasteiger partial charge is 0.478 e. The highest BCUT2D eigenvalue weighted by Crippen LogP contribution is 2.36. The Morgan fingerprint density at radius 2 is 1.75 bits per heavy atom. The fourth-order valence-electron chi connectivity index (χ4n) is 2.79. The lowest BCUT2D eigenvalue weighted by Crippen LogP contribution is -2.15. The van der Waals surface area contributed by atoms with Crippen LogP contribution in [0.4, 0.5) is 5.69 Å². The predicted octanol–water partition coefficient (Wildman–Crippen LogP) is 4.97. The molecule has 0 amide bonds. The van der Waals surface area contributed by atoms with Crippen LogP contribution >= 0.6 is 23.2 Å². The number of hydrogen-bond donors (Lipinski definition) is 1. The molecule has 0 radical (unpaired) electrons. The van der Waals surface area contributed by atoms with Gasteiger partial charge in [-0.25, -0.2) is 4.79 Å². The van der Waals surface area contributed by atoms with Crippen molar-refractivity contribution in [3.05, 3.63) is 58.2 Å². The van der Waals surface area contributed by atoms with Crippen LogP contribution in [0, 0.1) is 0 Å². The van der Waals surface area contributed by atoms with Crippen molar-refractivity contribution in [3.8, 4) is 11.1 Å². The lowest BCUT2D eigenvalue weighted by Gasteiger charge is -2.19. The fourth-order valence-corrected chi connectivity index (χ4v) is 3.32. The average Bonchev–Trinajstić information content (AvgIpc) is 2.51. The molecule has 0 saturated carbocycles. The molecule has 1 N–H and O–H groups in total. The number of pyridine rings is 1. The van der Waals surface area contributed by atoms with E-state index in [1.807, 2.05) is 18.2 Å². The fraction of sp³-hybridized carbons (Fsp3) is 0.111. The van der Waals surface area contributed by atoms with Crippen LogP contribution in [0.15, 0.2) is 42.6 Å². The Balaban J connectivity index is 2.36. The number of hydrogen-bond acceptors (Lipinski definition) is 3. The van der Waals surface area contributed by atoms with Gasteiger partial charge in [-0.2, -0.15) is 0 Å². The topological polar surface area (TPSA) is 53.4 Å². The molecule has 0 unspecified atom stereocenters. The van der Waals surface area contributed by atoms with E-state index < -0.39 is 5.97 Å². The van der Waals surface area contributed by atoms with Gasteiger partial charge in [0.05, 0.1) is 16.8 Å². The highest BCUT2D eigenvalue weighted by atomic mass is 35.5. The van der Waals surface area contributed by atoms with Crippen LogP contribution in [0.1, 0.15) is 10.4 Å². The molecule has 0 aliphatic rings. The van der Waals surface area contributed by atoms with Crippen molar-refractivity contribution in [2.75, 3.05) is 19.0 Å². The zero-order valence-electron chi connectivity index (χ0n) is 13.0. The molecule has 1 heterocycles. The summed E-state index contributed by atoms with van der Waals surface area (Å²) in [4.78, 5) is 17.7. The molecular weight excluding hydrogens is 347 g/mol. The Morgan fingerprint density at radius 3 is 2.33 bits per heavy atom. The van der Waals surface area contributed by atoms with Crippen molar-refractivity contribution < 1.29 is 9.90 Å². The summed E-state index contributed by atoms with van der Waals surface area (Å²) in [6.07, 6.45) is 1.66. The Kier molecular flexibility index (Phi) is 4.35. The van der Waals surface area contributed by atoms with Gasteiger partial charge in [0.1, 0.15) is 0 Å². The van der Waals surface area contributed by atoms with E-state index in [1.165, 1.54) is 0 Å². The molecule has 0 bridgehead atoms. The first-order chi connectivity index (χ1) is 11.4. The van der Waals surface area contributed by atoms with Gasteiger partial charge in [-0.15, -0.1) is 0 Å². The van der Waals surface area contributed by atoms with E-state index in [2.05, 4.69) is 4.98 Å². The normalized spacial score (nSPS) is 10.8. The van der Waals surface area contributed by atoms with E-state index in [4.69, 9.17) is 23.2 Å². The highest BCUT2D eigenvalue weighted by molar-refractivity contribution is 6.35. The first kappa shape index (κ1) is 16.6. The first-order valence-electron chi connectivity index (χ1n) is 7.17. The summed E-state index contributed by atoms with van der Waals surface area (Å²) in [5.41, 5.74) is 3.14. The number of anilines is 1. The lowest BCUT2D eigenvalue weighted by molar-refractivity contribution is 0.0697. The molecular formula is C18H14Cl2N2O2. The van der Waals surface area contributed by atoms with Crippen molar-refractivity contribution in [1.82, 2.24) is 4.98 Å². The third-order valence-electron chi connectivity index (χ3n) is 3.74. The van der Waals surface area contributed by atoms with Crippen molar-refractivity contribution in [1.29, 1.82) is 0 Å². The number of aromatic nitrogens is 1. The van der Waals surface area contributed by atoms with Gasteiger partial charge in [0, 0.05) is 35.7 Å². The molecule has 122 valence electrons. The van der Waals surface area contributed by atoms with E-state index in [9.17, 15) is 9.90 Å². The molecule has 3 rings (SSSR count). The Labute approximate surface area is 149 Å². The molecule has 0 spiro atoms. The van der Waals surface area contributed by atoms with Crippen molar-refractivity contribution in [2.45, 2.75) is 0 Å². The van der Waals surface area contributed by atoms with Gasteiger partial charge >= 0.3 is 5.97 Å². The minimum Gasteiger partial charge on any atom is -0.478 e. The van der Waals surface area contributed by atoms with E-state index in [0.29, 0.717) is 21.2 Å². The van der Waals surface area contributed by atoms with Crippen molar-refractivity contribution in [2.24, 2.45) is 0 Å². The van der Waals surface area contributed by atoms with Crippen LogP contribution in [-0.2, 0) is 0 Å². The Bertz CT molecular complexity index is 935. The monoisotopic (exact) mass is 360 g/mol. The molecule has 24 heavy (non-hydrogen) atoms. The van der Waals surface area contributed by atoms with E-state index in [0.717, 1.165) is 16.5 Å². The average molecular weight is 361 g/mol. The van der Waals surface area contributed by atoms with Crippen LogP contribution in [0.25, 0.3) is 22.0 Å². The first-order valence-corrected chi connectivity index (χ1v) is 7.93. The number of fused-ring (bicyclic) bond motifs is 1. The van der Waals surface area contributed by atoms with Crippen molar-refractivity contribution in [3.63, 3.8) is 0 Å². The van der Waals surface area contributed by atoms with Gasteiger partial charge < -0.3 is 10.0 Å². The number of halogens is 2. The minimum atomic E-state index is -0.987. The molecule has 0 saturated heterocycles. The number of carboxylic acids is 1. The molecule has 0 aliphatic carbocycles. The standard InChI is InChI=1S/C18H14Cl2N2O2/c1-22(2)17-15(18(23)24)4-3-14-13(5-6-21-16(14)17)10-7-11(19)9-12(20)8-10/h3-9H,1-2H3,(H,23,24). The van der Waals surface area contributed by atoms with E-state index in [1.54, 1.807) is 43.4 Å². The Morgan fingerprint density at radius 1 is 1.08 bits per heavy atom. The van der Waals surface area contributed by atoms with Gasteiger partial charge in [0.15, 0.2) is 0 Å². The molecule has 0 atom stereocenters. The van der Waals surface area contributed by atoms with Crippen LogP contribution in [0.5, 0.6) is 0 Å². The SMILES string of the molecule is CN(C)c1c(C(=O)O)ccc2c(-c3cc(Cl)cc(Cl)c3)ccnc12. The summed E-state index contributed by atoms with van der Waals surface area (Å²) in [5.74, 6) is -0.987. The third-order valence-corrected chi connectivity index (χ3v) is 4.17. The van der Waals surface area contributed by atoms with Gasteiger partial charge in [0.2, 0.25) is 0 Å². The van der Waals surface area contributed by atoms with Crippen LogP contribution < -0.4 is 4.90 Å². The molecule has 6 heteroatoms. The lowest BCUT2D eigenvalue weighted by atomic mass is 9.98. The van der Waals surface area contributed by atoms with Gasteiger partial charge in [-0.05, 0) is 41.5 Å². The van der Waals surface area contributed by atoms with E-state index in [-0.39, 0.29) is 5.56 Å². The molecule has 0 fully saturated rings. The predicted molar refractivity (Wildman–Crippen MR) is 98.5 cm³/mol.